The average Bonchev–Trinajstić information content (AvgIpc) is 3.18. The van der Waals surface area contributed by atoms with E-state index in [1.54, 1.807) is 24.4 Å². The number of nitrogens with zero attached hydrogens (tertiary/aromatic N) is 1. The van der Waals surface area contributed by atoms with Crippen molar-refractivity contribution in [2.24, 2.45) is 0 Å². The number of thioether (sulfide) groups is 1. The summed E-state index contributed by atoms with van der Waals surface area (Å²) in [6.45, 7) is 1.74. The molecule has 0 saturated heterocycles. The van der Waals surface area contributed by atoms with Gasteiger partial charge in [-0.2, -0.15) is 0 Å². The molecule has 0 atom stereocenters. The van der Waals surface area contributed by atoms with Crippen LogP contribution in [0.5, 0.6) is 0 Å². The minimum atomic E-state index is -4.01. The van der Waals surface area contributed by atoms with Gasteiger partial charge in [-0.1, -0.05) is 41.9 Å². The van der Waals surface area contributed by atoms with E-state index in [4.69, 9.17) is 11.6 Å². The maximum Gasteiger partial charge on any atom is 0.270 e. The number of aromatic nitrogens is 2. The lowest BCUT2D eigenvalue weighted by molar-refractivity contribution is 0.598. The Morgan fingerprint density at radius 1 is 1.20 bits per heavy atom. The molecule has 4 rings (SSSR count). The van der Waals surface area contributed by atoms with Crippen molar-refractivity contribution in [2.75, 3.05) is 4.72 Å². The number of rotatable bonds is 6. The number of thiophene rings is 1. The molecule has 2 aromatic carbocycles. The molecule has 2 heterocycles. The zero-order valence-electron chi connectivity index (χ0n) is 15.7. The van der Waals surface area contributed by atoms with Crippen LogP contribution in [0.25, 0.3) is 10.2 Å². The van der Waals surface area contributed by atoms with Gasteiger partial charge in [-0.05, 0) is 41.6 Å². The van der Waals surface area contributed by atoms with Crippen molar-refractivity contribution in [2.45, 2.75) is 22.5 Å². The third-order valence-electron chi connectivity index (χ3n) is 4.30. The molecule has 154 valence electrons. The Hall–Kier alpha value is -2.33. The van der Waals surface area contributed by atoms with Gasteiger partial charge in [0.25, 0.3) is 15.6 Å². The molecule has 4 aromatic rings. The molecule has 0 saturated carbocycles. The molecule has 0 aliphatic rings. The SMILES string of the molecule is Cc1cc(S(=O)(=O)Nc2nc3ccsc3c(=O)[nH]2)c(SCc2ccccc2)cc1Cl. The van der Waals surface area contributed by atoms with Crippen LogP contribution in [0.4, 0.5) is 5.95 Å². The molecule has 2 aromatic heterocycles. The number of halogens is 1. The first kappa shape index (κ1) is 20.9. The topological polar surface area (TPSA) is 91.9 Å². The third-order valence-corrected chi connectivity index (χ3v) is 8.24. The molecule has 0 bridgehead atoms. The summed E-state index contributed by atoms with van der Waals surface area (Å²) < 4.78 is 29.2. The second-order valence-corrected chi connectivity index (χ2v) is 10.5. The predicted octanol–water partition coefficient (Wildman–Crippen LogP) is 5.04. The number of H-pyrrole nitrogens is 1. The van der Waals surface area contributed by atoms with Crippen molar-refractivity contribution < 1.29 is 8.42 Å². The van der Waals surface area contributed by atoms with E-state index >= 15 is 0 Å². The van der Waals surface area contributed by atoms with E-state index in [-0.39, 0.29) is 10.8 Å². The number of sulfonamides is 1. The van der Waals surface area contributed by atoms with E-state index in [0.717, 1.165) is 5.56 Å². The Labute approximate surface area is 186 Å². The zero-order chi connectivity index (χ0) is 21.3. The van der Waals surface area contributed by atoms with Crippen molar-refractivity contribution in [1.29, 1.82) is 0 Å². The Kier molecular flexibility index (Phi) is 5.88. The summed E-state index contributed by atoms with van der Waals surface area (Å²) in [6, 6.07) is 14.6. The third kappa shape index (κ3) is 4.39. The molecule has 6 nitrogen and oxygen atoms in total. The largest absolute Gasteiger partial charge is 0.291 e. The minimum Gasteiger partial charge on any atom is -0.291 e. The van der Waals surface area contributed by atoms with Crippen molar-refractivity contribution in [3.8, 4) is 0 Å². The number of fused-ring (bicyclic) bond motifs is 1. The highest BCUT2D eigenvalue weighted by molar-refractivity contribution is 7.99. The summed E-state index contributed by atoms with van der Waals surface area (Å²) >= 11 is 8.88. The molecule has 10 heteroatoms. The van der Waals surface area contributed by atoms with Gasteiger partial charge in [-0.3, -0.25) is 9.78 Å². The lowest BCUT2D eigenvalue weighted by atomic mass is 10.2. The first-order valence-corrected chi connectivity index (χ1v) is 12.5. The van der Waals surface area contributed by atoms with Crippen LogP contribution in [-0.4, -0.2) is 18.4 Å². The summed E-state index contributed by atoms with van der Waals surface area (Å²) in [5.41, 5.74) is 1.74. The molecule has 0 aliphatic carbocycles. The molecule has 2 N–H and O–H groups in total. The van der Waals surface area contributed by atoms with Crippen molar-refractivity contribution in [1.82, 2.24) is 9.97 Å². The van der Waals surface area contributed by atoms with Gasteiger partial charge >= 0.3 is 0 Å². The summed E-state index contributed by atoms with van der Waals surface area (Å²) in [5, 5.41) is 2.21. The Bertz CT molecular complexity index is 1380. The molecule has 0 unspecified atom stereocenters. The van der Waals surface area contributed by atoms with E-state index in [0.29, 0.717) is 31.5 Å². The van der Waals surface area contributed by atoms with Crippen molar-refractivity contribution >= 4 is 60.9 Å². The summed E-state index contributed by atoms with van der Waals surface area (Å²) in [5.74, 6) is 0.455. The van der Waals surface area contributed by atoms with Crippen LogP contribution in [0, 0.1) is 6.92 Å². The van der Waals surface area contributed by atoms with Gasteiger partial charge in [0, 0.05) is 15.7 Å². The van der Waals surface area contributed by atoms with E-state index in [9.17, 15) is 13.2 Å². The van der Waals surface area contributed by atoms with Gasteiger partial charge in [0.15, 0.2) is 0 Å². The van der Waals surface area contributed by atoms with E-state index in [1.165, 1.54) is 29.2 Å². The maximum absolute atomic E-state index is 13.2. The number of aromatic amines is 1. The molecule has 0 aliphatic heterocycles. The average molecular weight is 478 g/mol. The van der Waals surface area contributed by atoms with Crippen LogP contribution in [-0.2, 0) is 15.8 Å². The normalized spacial score (nSPS) is 11.7. The molecular weight excluding hydrogens is 462 g/mol. The number of anilines is 1. The lowest BCUT2D eigenvalue weighted by Crippen LogP contribution is -2.19. The van der Waals surface area contributed by atoms with Crippen LogP contribution < -0.4 is 10.3 Å². The monoisotopic (exact) mass is 477 g/mol. The van der Waals surface area contributed by atoms with Gasteiger partial charge in [0.05, 0.1) is 5.52 Å². The van der Waals surface area contributed by atoms with E-state index in [1.807, 2.05) is 30.3 Å². The Morgan fingerprint density at radius 3 is 2.73 bits per heavy atom. The number of aryl methyl sites for hydroxylation is 1. The van der Waals surface area contributed by atoms with E-state index < -0.39 is 15.6 Å². The first-order valence-electron chi connectivity index (χ1n) is 8.81. The fraction of sp³-hybridized carbons (Fsp3) is 0.100. The summed E-state index contributed by atoms with van der Waals surface area (Å²) in [4.78, 5) is 19.5. The highest BCUT2D eigenvalue weighted by Crippen LogP contribution is 2.34. The van der Waals surface area contributed by atoms with Gasteiger partial charge in [0.1, 0.15) is 9.60 Å². The fourth-order valence-electron chi connectivity index (χ4n) is 2.80. The Morgan fingerprint density at radius 2 is 1.97 bits per heavy atom. The van der Waals surface area contributed by atoms with Crippen LogP contribution in [0.1, 0.15) is 11.1 Å². The summed E-state index contributed by atoms with van der Waals surface area (Å²) in [6.07, 6.45) is 0. The molecule has 0 fully saturated rings. The summed E-state index contributed by atoms with van der Waals surface area (Å²) in [7, 11) is -4.01. The number of benzene rings is 2. The predicted molar refractivity (Wildman–Crippen MR) is 123 cm³/mol. The van der Waals surface area contributed by atoms with Crippen LogP contribution in [0.3, 0.4) is 0 Å². The molecular formula is C20H16ClN3O3S3. The molecule has 0 amide bonds. The van der Waals surface area contributed by atoms with E-state index in [2.05, 4.69) is 14.7 Å². The highest BCUT2D eigenvalue weighted by Gasteiger charge is 2.22. The zero-order valence-corrected chi connectivity index (χ0v) is 18.9. The van der Waals surface area contributed by atoms with Crippen LogP contribution in [0.2, 0.25) is 5.02 Å². The number of nitrogens with one attached hydrogen (secondary N) is 2. The molecule has 0 radical (unpaired) electrons. The second kappa shape index (κ2) is 8.43. The van der Waals surface area contributed by atoms with Crippen molar-refractivity contribution in [3.63, 3.8) is 0 Å². The Balaban J connectivity index is 1.69. The first-order chi connectivity index (χ1) is 14.3. The molecule has 30 heavy (non-hydrogen) atoms. The standard InChI is InChI=1S/C20H16ClN3O3S3/c1-12-9-17(16(10-14(12)21)29-11-13-5-3-2-4-6-13)30(26,27)24-20-22-15-7-8-28-18(15)19(25)23-20/h2-10H,11H2,1H3,(H2,22,23,24,25). The molecule has 0 spiro atoms. The van der Waals surface area contributed by atoms with Gasteiger partial charge in [0.2, 0.25) is 5.95 Å². The highest BCUT2D eigenvalue weighted by atomic mass is 35.5. The van der Waals surface area contributed by atoms with Gasteiger partial charge in [-0.25, -0.2) is 18.1 Å². The second-order valence-electron chi connectivity index (χ2n) is 6.48. The van der Waals surface area contributed by atoms with Gasteiger partial charge in [-0.15, -0.1) is 23.1 Å². The lowest BCUT2D eigenvalue weighted by Gasteiger charge is -2.13. The minimum absolute atomic E-state index is 0.0818. The number of hydrogen-bond donors (Lipinski definition) is 2. The van der Waals surface area contributed by atoms with Crippen molar-refractivity contribution in [3.05, 3.63) is 80.4 Å². The maximum atomic E-state index is 13.2. The number of hydrogen-bond acceptors (Lipinski definition) is 6. The van der Waals surface area contributed by atoms with Gasteiger partial charge < -0.3 is 0 Å². The van der Waals surface area contributed by atoms with Crippen LogP contribution in [0.15, 0.2) is 68.5 Å². The fourth-order valence-corrected chi connectivity index (χ4v) is 6.29. The quantitative estimate of drug-likeness (QED) is 0.379. The van der Waals surface area contributed by atoms with Crippen LogP contribution >= 0.6 is 34.7 Å². The smallest absolute Gasteiger partial charge is 0.270 e.